The van der Waals surface area contributed by atoms with Crippen LogP contribution >= 0.6 is 23.5 Å². The second-order valence-electron chi connectivity index (χ2n) is 10.1. The molecule has 0 bridgehead atoms. The maximum atomic E-state index is 13.7. The van der Waals surface area contributed by atoms with Gasteiger partial charge in [0.05, 0.1) is 29.7 Å². The Morgan fingerprint density at radius 1 is 1.10 bits per heavy atom. The summed E-state index contributed by atoms with van der Waals surface area (Å²) in [5.74, 6) is 0.836. The molecule has 1 saturated heterocycles. The number of carbonyl (C=O) groups is 1. The summed E-state index contributed by atoms with van der Waals surface area (Å²) >= 11 is 7.29. The number of halogens is 1. The van der Waals surface area contributed by atoms with E-state index in [1.807, 2.05) is 38.1 Å². The number of amides is 1. The minimum absolute atomic E-state index is 0.110. The summed E-state index contributed by atoms with van der Waals surface area (Å²) in [4.78, 5) is 44.3. The fraction of sp³-hybridized carbons (Fsp3) is 0.345. The highest BCUT2D eigenvalue weighted by Crippen LogP contribution is 2.30. The number of anilines is 3. The summed E-state index contributed by atoms with van der Waals surface area (Å²) in [7, 11) is 3.37. The van der Waals surface area contributed by atoms with Crippen molar-refractivity contribution in [3.05, 3.63) is 74.9 Å². The number of piperazine rings is 1. The quantitative estimate of drug-likeness (QED) is 0.223. The molecule has 4 heterocycles. The Labute approximate surface area is 253 Å². The van der Waals surface area contributed by atoms with Crippen LogP contribution in [0.3, 0.4) is 0 Å². The molecule has 220 valence electrons. The molecule has 11 nitrogen and oxygen atoms in total. The second kappa shape index (κ2) is 12.5. The van der Waals surface area contributed by atoms with Gasteiger partial charge >= 0.3 is 0 Å². The largest absolute Gasteiger partial charge is 0.481 e. The number of nitrogens with one attached hydrogen (secondary N) is 2. The third-order valence-corrected chi connectivity index (χ3v) is 7.90. The van der Waals surface area contributed by atoms with Gasteiger partial charge in [0, 0.05) is 63.0 Å². The topological polar surface area (TPSA) is 118 Å². The maximum Gasteiger partial charge on any atom is 0.281 e. The predicted molar refractivity (Wildman–Crippen MR) is 169 cm³/mol. The fourth-order valence-corrected chi connectivity index (χ4v) is 5.63. The highest BCUT2D eigenvalue weighted by Gasteiger charge is 2.24. The van der Waals surface area contributed by atoms with Gasteiger partial charge in [0.25, 0.3) is 11.5 Å². The minimum atomic E-state index is -0.354. The molecular weight excluding hydrogens is 576 g/mol. The Balaban J connectivity index is 1.47. The summed E-state index contributed by atoms with van der Waals surface area (Å²) in [6, 6.07) is 10.9. The van der Waals surface area contributed by atoms with Gasteiger partial charge in [-0.15, -0.1) is 0 Å². The van der Waals surface area contributed by atoms with Crippen LogP contribution in [-0.2, 0) is 7.05 Å². The van der Waals surface area contributed by atoms with E-state index in [-0.39, 0.29) is 28.4 Å². The molecule has 1 amide bonds. The van der Waals surface area contributed by atoms with E-state index in [1.54, 1.807) is 43.3 Å². The smallest absolute Gasteiger partial charge is 0.281 e. The summed E-state index contributed by atoms with van der Waals surface area (Å²) in [5, 5.41) is 4.17. The zero-order valence-corrected chi connectivity index (χ0v) is 25.7. The third-order valence-electron chi connectivity index (χ3n) is 7.30. The highest BCUT2D eigenvalue weighted by atomic mass is 35.5. The molecule has 1 aliphatic rings. The summed E-state index contributed by atoms with van der Waals surface area (Å²) in [6.45, 7) is 6.82. The Hall–Kier alpha value is -4.03. The molecule has 1 fully saturated rings. The van der Waals surface area contributed by atoms with E-state index < -0.39 is 0 Å². The molecule has 1 aromatic carbocycles. The van der Waals surface area contributed by atoms with Crippen LogP contribution in [0.5, 0.6) is 5.88 Å². The van der Waals surface area contributed by atoms with E-state index in [0.29, 0.717) is 41.5 Å². The van der Waals surface area contributed by atoms with E-state index in [0.717, 1.165) is 29.9 Å². The van der Waals surface area contributed by atoms with Crippen LogP contribution in [0.4, 0.5) is 17.3 Å². The van der Waals surface area contributed by atoms with E-state index in [9.17, 15) is 9.59 Å². The Morgan fingerprint density at radius 3 is 2.55 bits per heavy atom. The van der Waals surface area contributed by atoms with Crippen LogP contribution in [0.2, 0.25) is 5.15 Å². The van der Waals surface area contributed by atoms with Gasteiger partial charge in [0.15, 0.2) is 5.69 Å². The molecule has 2 N–H and O–H groups in total. The number of carbonyl (C=O) groups excluding carboxylic acids is 1. The third kappa shape index (κ3) is 5.95. The van der Waals surface area contributed by atoms with Gasteiger partial charge in [0.2, 0.25) is 11.8 Å². The van der Waals surface area contributed by atoms with Gasteiger partial charge in [-0.3, -0.25) is 18.9 Å². The van der Waals surface area contributed by atoms with E-state index >= 15 is 0 Å². The normalized spacial score (nSPS) is 14.1. The molecule has 0 radical (unpaired) electrons. The number of hydrogen-bond donors (Lipinski definition) is 2. The molecule has 42 heavy (non-hydrogen) atoms. The van der Waals surface area contributed by atoms with Crippen molar-refractivity contribution in [2.45, 2.75) is 19.9 Å². The molecule has 1 aliphatic heterocycles. The van der Waals surface area contributed by atoms with Crippen molar-refractivity contribution < 1.29 is 9.53 Å². The molecule has 13 heteroatoms. The van der Waals surface area contributed by atoms with Crippen molar-refractivity contribution >= 4 is 57.7 Å². The Kier molecular flexibility index (Phi) is 8.74. The van der Waals surface area contributed by atoms with E-state index in [1.165, 1.54) is 11.9 Å². The molecule has 1 atom stereocenters. The Morgan fingerprint density at radius 2 is 1.83 bits per heavy atom. The SMILES string of the molecule is COc1cc(N2CCN(c3nc4c(C(C)Nc5ccc(Cl)nc5C(=O)NSC)cc(C)cc4c(=O)n3C)CC2)ccn1. The standard InChI is InChI=1S/C29H33ClN8O3S/c1-17-14-20(18(2)32-22-6-7-23(30)33-26(22)27(39)35-42-5)25-21(15-17)28(40)36(3)29(34-25)38-12-10-37(11-13-38)19-8-9-31-24(16-19)41-4/h6-9,14-16,18,32H,10-13H2,1-5H3,(H,35,39). The molecular formula is C29H33ClN8O3S. The van der Waals surface area contributed by atoms with E-state index in [2.05, 4.69) is 29.8 Å². The number of aromatic nitrogens is 4. The number of fused-ring (bicyclic) bond motifs is 1. The van der Waals surface area contributed by atoms with Crippen molar-refractivity contribution in [3.8, 4) is 5.88 Å². The van der Waals surface area contributed by atoms with E-state index in [4.69, 9.17) is 21.3 Å². The Bertz CT molecular complexity index is 1690. The lowest BCUT2D eigenvalue weighted by molar-refractivity contribution is 0.0980. The van der Waals surface area contributed by atoms with Gasteiger partial charge < -0.3 is 19.9 Å². The molecule has 4 aromatic rings. The zero-order chi connectivity index (χ0) is 30.0. The summed E-state index contributed by atoms with van der Waals surface area (Å²) < 4.78 is 9.61. The van der Waals surface area contributed by atoms with Crippen LogP contribution in [0.1, 0.15) is 34.6 Å². The molecule has 0 aliphatic carbocycles. The average Bonchev–Trinajstić information content (AvgIpc) is 3.00. The number of aryl methyl sites for hydroxylation is 1. The van der Waals surface area contributed by atoms with Crippen molar-refractivity contribution in [2.75, 3.05) is 54.7 Å². The van der Waals surface area contributed by atoms with Crippen LogP contribution in [-0.4, -0.2) is 65.0 Å². The first-order valence-corrected chi connectivity index (χ1v) is 15.1. The molecule has 1 unspecified atom stereocenters. The number of benzene rings is 1. The fourth-order valence-electron chi connectivity index (χ4n) is 5.20. The first kappa shape index (κ1) is 29.5. The average molecular weight is 609 g/mol. The lowest BCUT2D eigenvalue weighted by atomic mass is 10.0. The number of methoxy groups -OCH3 is 1. The first-order valence-electron chi connectivity index (χ1n) is 13.5. The van der Waals surface area contributed by atoms with Gasteiger partial charge in [-0.2, -0.15) is 0 Å². The van der Waals surface area contributed by atoms with Crippen molar-refractivity contribution in [3.63, 3.8) is 0 Å². The van der Waals surface area contributed by atoms with Crippen molar-refractivity contribution in [1.29, 1.82) is 0 Å². The molecule has 0 spiro atoms. The minimum Gasteiger partial charge on any atom is -0.481 e. The number of nitrogens with zero attached hydrogens (tertiary/aromatic N) is 6. The molecule has 5 rings (SSSR count). The summed E-state index contributed by atoms with van der Waals surface area (Å²) in [5.41, 5.74) is 4.06. The number of hydrogen-bond acceptors (Lipinski definition) is 10. The predicted octanol–water partition coefficient (Wildman–Crippen LogP) is 4.20. The van der Waals surface area contributed by atoms with Gasteiger partial charge in [-0.1, -0.05) is 29.6 Å². The van der Waals surface area contributed by atoms with Crippen LogP contribution < -0.4 is 30.1 Å². The number of rotatable bonds is 8. The summed E-state index contributed by atoms with van der Waals surface area (Å²) in [6.07, 6.45) is 3.50. The van der Waals surface area contributed by atoms with Crippen molar-refractivity contribution in [2.24, 2.45) is 7.05 Å². The zero-order valence-electron chi connectivity index (χ0n) is 24.1. The lowest BCUT2D eigenvalue weighted by Gasteiger charge is -2.37. The number of pyridine rings is 2. The second-order valence-corrected chi connectivity index (χ2v) is 11.1. The molecule has 3 aromatic heterocycles. The maximum absolute atomic E-state index is 13.7. The van der Waals surface area contributed by atoms with Crippen LogP contribution in [0, 0.1) is 6.92 Å². The lowest BCUT2D eigenvalue weighted by Crippen LogP contribution is -2.48. The van der Waals surface area contributed by atoms with Gasteiger partial charge in [-0.25, -0.2) is 15.0 Å². The monoisotopic (exact) mass is 608 g/mol. The van der Waals surface area contributed by atoms with Crippen LogP contribution in [0.15, 0.2) is 47.4 Å². The van der Waals surface area contributed by atoms with Gasteiger partial charge in [0.1, 0.15) is 5.15 Å². The molecule has 0 saturated carbocycles. The van der Waals surface area contributed by atoms with Crippen molar-refractivity contribution in [1.82, 2.24) is 24.2 Å². The van der Waals surface area contributed by atoms with Crippen LogP contribution in [0.25, 0.3) is 10.9 Å². The highest BCUT2D eigenvalue weighted by molar-refractivity contribution is 7.97. The first-order chi connectivity index (χ1) is 20.2. The van der Waals surface area contributed by atoms with Gasteiger partial charge in [-0.05, 0) is 43.7 Å². The number of ether oxygens (including phenoxy) is 1.